The molecule has 0 amide bonds. The number of piperidine rings is 2. The maximum atomic E-state index is 9.58. The number of methoxy groups -OCH3 is 1. The van der Waals surface area contributed by atoms with Gasteiger partial charge in [-0.15, -0.1) is 0 Å². The van der Waals surface area contributed by atoms with E-state index >= 15 is 0 Å². The molecule has 0 radical (unpaired) electrons. The van der Waals surface area contributed by atoms with Gasteiger partial charge in [-0.25, -0.2) is 0 Å². The maximum Gasteiger partial charge on any atom is 0.107 e. The molecule has 0 aromatic rings. The van der Waals surface area contributed by atoms with Crippen LogP contribution in [-0.2, 0) is 4.74 Å². The van der Waals surface area contributed by atoms with Crippen LogP contribution in [0.4, 0.5) is 0 Å². The molecular weight excluding hydrogens is 398 g/mol. The van der Waals surface area contributed by atoms with Crippen LogP contribution in [0.1, 0.15) is 78.1 Å². The van der Waals surface area contributed by atoms with Crippen molar-refractivity contribution in [2.24, 2.45) is 35.0 Å². The molecule has 5 aliphatic rings. The van der Waals surface area contributed by atoms with E-state index in [0.29, 0.717) is 30.1 Å². The van der Waals surface area contributed by atoms with E-state index in [1.807, 2.05) is 7.11 Å². The molecule has 32 heavy (non-hydrogen) atoms. The van der Waals surface area contributed by atoms with Crippen LogP contribution in [0.25, 0.3) is 0 Å². The van der Waals surface area contributed by atoms with Crippen LogP contribution in [0.15, 0.2) is 0 Å². The molecule has 3 heterocycles. The van der Waals surface area contributed by atoms with Gasteiger partial charge in [0.1, 0.15) is 6.23 Å². The van der Waals surface area contributed by atoms with Crippen molar-refractivity contribution in [1.82, 2.24) is 21.5 Å². The minimum absolute atomic E-state index is 0.182. The Morgan fingerprint density at radius 2 is 1.66 bits per heavy atom. The van der Waals surface area contributed by atoms with E-state index in [-0.39, 0.29) is 11.6 Å². The highest BCUT2D eigenvalue weighted by Gasteiger charge is 2.52. The highest BCUT2D eigenvalue weighted by atomic mass is 16.5. The van der Waals surface area contributed by atoms with Crippen molar-refractivity contribution in [3.63, 3.8) is 0 Å². The van der Waals surface area contributed by atoms with Crippen molar-refractivity contribution >= 4 is 0 Å². The van der Waals surface area contributed by atoms with E-state index in [1.165, 1.54) is 57.8 Å². The summed E-state index contributed by atoms with van der Waals surface area (Å²) in [6.07, 6.45) is 13.0. The fraction of sp³-hybridized carbons (Fsp3) is 0.962. The molecule has 180 valence electrons. The van der Waals surface area contributed by atoms with Crippen LogP contribution in [0.2, 0.25) is 0 Å². The minimum Gasteiger partial charge on any atom is -0.367 e. The lowest BCUT2D eigenvalue weighted by molar-refractivity contribution is 0.00525. The lowest BCUT2D eigenvalue weighted by Gasteiger charge is -2.50. The Hall–Kier alpha value is -0.710. The standard InChI is InChI=1S/C26H45N5O/c1-26(2,15-27)18-10-7-16(8-11-18)25-24-19-13-17(20-5-4-6-23(29-20)32-3)9-12-21(19)28-14-22(24)30-31-25/h16-25,28-31H,4-14H2,1-3H3. The van der Waals surface area contributed by atoms with Crippen molar-refractivity contribution < 1.29 is 4.74 Å². The highest BCUT2D eigenvalue weighted by Crippen LogP contribution is 2.47. The van der Waals surface area contributed by atoms with Gasteiger partial charge in [-0.3, -0.25) is 16.2 Å². The summed E-state index contributed by atoms with van der Waals surface area (Å²) in [5, 5.41) is 17.3. The van der Waals surface area contributed by atoms with E-state index in [1.54, 1.807) is 0 Å². The number of hydrogen-bond acceptors (Lipinski definition) is 6. The topological polar surface area (TPSA) is 81.1 Å². The average molecular weight is 444 g/mol. The SMILES string of the molecule is COC1CCCC(C2CCC3NCC4NNC(C5CCC(C(C)(C)C#N)CC5)C4C3C2)N1. The molecule has 2 aliphatic carbocycles. The first kappa shape index (κ1) is 23.1. The zero-order chi connectivity index (χ0) is 22.3. The summed E-state index contributed by atoms with van der Waals surface area (Å²) >= 11 is 0. The van der Waals surface area contributed by atoms with Crippen LogP contribution in [0.3, 0.4) is 0 Å². The van der Waals surface area contributed by atoms with Gasteiger partial charge < -0.3 is 10.1 Å². The molecule has 8 unspecified atom stereocenters. The molecule has 5 rings (SSSR count). The van der Waals surface area contributed by atoms with Gasteiger partial charge >= 0.3 is 0 Å². The number of nitrogens with one attached hydrogen (secondary N) is 4. The fourth-order valence-corrected chi connectivity index (χ4v) is 8.17. The Labute approximate surface area is 195 Å². The largest absolute Gasteiger partial charge is 0.367 e. The predicted octanol–water partition coefficient (Wildman–Crippen LogP) is 3.31. The molecule has 2 saturated carbocycles. The second-order valence-corrected chi connectivity index (χ2v) is 12.1. The first-order valence-corrected chi connectivity index (χ1v) is 13.4. The molecule has 0 spiro atoms. The number of ether oxygens (including phenoxy) is 1. The number of nitrogens with zero attached hydrogens (tertiary/aromatic N) is 1. The van der Waals surface area contributed by atoms with Crippen molar-refractivity contribution in [2.75, 3.05) is 13.7 Å². The molecule has 8 atom stereocenters. The summed E-state index contributed by atoms with van der Waals surface area (Å²) in [5.74, 6) is 3.57. The summed E-state index contributed by atoms with van der Waals surface area (Å²) in [7, 11) is 1.85. The van der Waals surface area contributed by atoms with Gasteiger partial charge in [-0.1, -0.05) is 0 Å². The average Bonchev–Trinajstić information content (AvgIpc) is 3.28. The molecule has 5 fully saturated rings. The van der Waals surface area contributed by atoms with E-state index in [9.17, 15) is 5.26 Å². The summed E-state index contributed by atoms with van der Waals surface area (Å²) in [6.45, 7) is 5.37. The van der Waals surface area contributed by atoms with Crippen molar-refractivity contribution in [3.05, 3.63) is 0 Å². The predicted molar refractivity (Wildman–Crippen MR) is 126 cm³/mol. The van der Waals surface area contributed by atoms with Crippen LogP contribution in [0.5, 0.6) is 0 Å². The molecule has 4 N–H and O–H groups in total. The summed E-state index contributed by atoms with van der Waals surface area (Å²) < 4.78 is 5.66. The fourth-order valence-electron chi connectivity index (χ4n) is 8.17. The lowest BCUT2D eigenvalue weighted by atomic mass is 9.61. The minimum atomic E-state index is -0.182. The second kappa shape index (κ2) is 9.50. The number of rotatable bonds is 4. The molecule has 0 aromatic carbocycles. The molecule has 6 nitrogen and oxygen atoms in total. The van der Waals surface area contributed by atoms with Gasteiger partial charge in [0.2, 0.25) is 0 Å². The molecular formula is C26H45N5O. The number of fused-ring (bicyclic) bond motifs is 3. The first-order valence-electron chi connectivity index (χ1n) is 13.4. The van der Waals surface area contributed by atoms with E-state index in [2.05, 4.69) is 41.4 Å². The summed E-state index contributed by atoms with van der Waals surface area (Å²) in [6, 6.07) is 5.03. The Kier molecular flexibility index (Phi) is 6.85. The van der Waals surface area contributed by atoms with Gasteiger partial charge in [0.05, 0.1) is 11.5 Å². The van der Waals surface area contributed by atoms with Crippen LogP contribution in [-0.4, -0.2) is 44.0 Å². The number of hydrazine groups is 1. The van der Waals surface area contributed by atoms with E-state index < -0.39 is 0 Å². The van der Waals surface area contributed by atoms with Crippen LogP contribution >= 0.6 is 0 Å². The zero-order valence-electron chi connectivity index (χ0n) is 20.4. The third kappa shape index (κ3) is 4.36. The molecule has 0 bridgehead atoms. The van der Waals surface area contributed by atoms with Gasteiger partial charge in [-0.05, 0) is 108 Å². The highest BCUT2D eigenvalue weighted by molar-refractivity contribution is 5.08. The molecule has 3 aliphatic heterocycles. The third-order valence-electron chi connectivity index (χ3n) is 10.2. The van der Waals surface area contributed by atoms with Gasteiger partial charge in [0, 0.05) is 37.8 Å². The number of hydrogen-bond donors (Lipinski definition) is 4. The Morgan fingerprint density at radius 1 is 0.875 bits per heavy atom. The van der Waals surface area contributed by atoms with Gasteiger partial charge in [-0.2, -0.15) is 5.26 Å². The Balaban J connectivity index is 1.25. The van der Waals surface area contributed by atoms with Gasteiger partial charge in [0.25, 0.3) is 0 Å². The molecule has 0 aromatic heterocycles. The maximum absolute atomic E-state index is 9.58. The van der Waals surface area contributed by atoms with Crippen LogP contribution in [0, 0.1) is 46.3 Å². The second-order valence-electron chi connectivity index (χ2n) is 12.1. The van der Waals surface area contributed by atoms with Crippen molar-refractivity contribution in [3.8, 4) is 6.07 Å². The van der Waals surface area contributed by atoms with Crippen LogP contribution < -0.4 is 21.5 Å². The lowest BCUT2D eigenvalue weighted by Crippen LogP contribution is -2.60. The summed E-state index contributed by atoms with van der Waals surface area (Å²) in [4.78, 5) is 0. The van der Waals surface area contributed by atoms with E-state index in [0.717, 1.165) is 36.6 Å². The Morgan fingerprint density at radius 3 is 2.41 bits per heavy atom. The molecule has 6 heteroatoms. The quantitative estimate of drug-likeness (QED) is 0.534. The Bertz CT molecular complexity index is 684. The van der Waals surface area contributed by atoms with Gasteiger partial charge in [0.15, 0.2) is 0 Å². The smallest absolute Gasteiger partial charge is 0.107 e. The molecule has 3 saturated heterocycles. The third-order valence-corrected chi connectivity index (χ3v) is 10.2. The van der Waals surface area contributed by atoms with Crippen molar-refractivity contribution in [1.29, 1.82) is 5.26 Å². The number of nitriles is 1. The normalized spacial score (nSPS) is 47.3. The monoisotopic (exact) mass is 443 g/mol. The summed E-state index contributed by atoms with van der Waals surface area (Å²) in [5.41, 5.74) is 7.31. The zero-order valence-corrected chi connectivity index (χ0v) is 20.4. The first-order chi connectivity index (χ1) is 15.5. The van der Waals surface area contributed by atoms with E-state index in [4.69, 9.17) is 4.74 Å². The van der Waals surface area contributed by atoms with Crippen molar-refractivity contribution in [2.45, 2.75) is 108 Å².